The number of hydrogen-bond donors (Lipinski definition) is 2. The van der Waals surface area contributed by atoms with Gasteiger partial charge >= 0.3 is 0 Å². The zero-order valence-corrected chi connectivity index (χ0v) is 9.55. The molecule has 2 N–H and O–H groups in total. The SMILES string of the molecule is CN(NC(=S)NC1CC1)c1ccccc1. The second-order valence-corrected chi connectivity index (χ2v) is 4.16. The number of thiocarbonyl (C=S) groups is 1. The number of nitrogens with one attached hydrogen (secondary N) is 2. The van der Waals surface area contributed by atoms with Crippen LogP contribution in [0.15, 0.2) is 30.3 Å². The lowest BCUT2D eigenvalue weighted by molar-refractivity contribution is 0.813. The Bertz CT molecular complexity index is 335. The van der Waals surface area contributed by atoms with Crippen LogP contribution in [-0.4, -0.2) is 18.2 Å². The van der Waals surface area contributed by atoms with Gasteiger partial charge in [-0.15, -0.1) is 0 Å². The third-order valence-corrected chi connectivity index (χ3v) is 2.53. The Balaban J connectivity index is 1.85. The van der Waals surface area contributed by atoms with Crippen molar-refractivity contribution in [2.45, 2.75) is 18.9 Å². The third kappa shape index (κ3) is 3.09. The molecule has 0 radical (unpaired) electrons. The Morgan fingerprint density at radius 1 is 1.33 bits per heavy atom. The summed E-state index contributed by atoms with van der Waals surface area (Å²) in [6.45, 7) is 0. The number of para-hydroxylation sites is 1. The molecule has 1 aliphatic rings. The summed E-state index contributed by atoms with van der Waals surface area (Å²) in [5.41, 5.74) is 4.22. The molecule has 3 nitrogen and oxygen atoms in total. The zero-order valence-electron chi connectivity index (χ0n) is 8.73. The number of benzene rings is 1. The zero-order chi connectivity index (χ0) is 10.7. The highest BCUT2D eigenvalue weighted by molar-refractivity contribution is 7.80. The molecule has 0 unspecified atom stereocenters. The molecule has 0 atom stereocenters. The Labute approximate surface area is 95.4 Å². The van der Waals surface area contributed by atoms with E-state index in [1.54, 1.807) is 0 Å². The minimum Gasteiger partial charge on any atom is -0.359 e. The first-order valence-electron chi connectivity index (χ1n) is 5.11. The second-order valence-electron chi connectivity index (χ2n) is 3.75. The van der Waals surface area contributed by atoms with Gasteiger partial charge < -0.3 is 5.32 Å². The monoisotopic (exact) mass is 221 g/mol. The molecule has 1 saturated carbocycles. The molecule has 1 fully saturated rings. The van der Waals surface area contributed by atoms with E-state index in [0.29, 0.717) is 11.2 Å². The number of hydrazine groups is 1. The first kappa shape index (κ1) is 10.2. The van der Waals surface area contributed by atoms with Gasteiger partial charge in [0.05, 0.1) is 5.69 Å². The minimum atomic E-state index is 0.592. The van der Waals surface area contributed by atoms with Gasteiger partial charge in [0.1, 0.15) is 0 Å². The van der Waals surface area contributed by atoms with Crippen molar-refractivity contribution >= 4 is 23.0 Å². The van der Waals surface area contributed by atoms with E-state index < -0.39 is 0 Å². The number of nitrogens with zero attached hydrogens (tertiary/aromatic N) is 1. The van der Waals surface area contributed by atoms with Crippen LogP contribution in [0.4, 0.5) is 5.69 Å². The lowest BCUT2D eigenvalue weighted by atomic mass is 10.3. The first-order valence-corrected chi connectivity index (χ1v) is 5.52. The van der Waals surface area contributed by atoms with E-state index in [1.807, 2.05) is 42.4 Å². The quantitative estimate of drug-likeness (QED) is 0.600. The molecule has 0 bridgehead atoms. The molecule has 1 aliphatic carbocycles. The molecule has 0 aromatic heterocycles. The summed E-state index contributed by atoms with van der Waals surface area (Å²) in [7, 11) is 1.95. The summed E-state index contributed by atoms with van der Waals surface area (Å²) < 4.78 is 0. The average Bonchev–Trinajstić information content (AvgIpc) is 3.03. The Kier molecular flexibility index (Phi) is 3.06. The highest BCUT2D eigenvalue weighted by Gasteiger charge is 2.21. The van der Waals surface area contributed by atoms with Crippen molar-refractivity contribution in [1.82, 2.24) is 10.7 Å². The smallest absolute Gasteiger partial charge is 0.185 e. The predicted octanol–water partition coefficient (Wildman–Crippen LogP) is 1.66. The van der Waals surface area contributed by atoms with Crippen LogP contribution >= 0.6 is 12.2 Å². The Hall–Kier alpha value is -1.29. The summed E-state index contributed by atoms with van der Waals surface area (Å²) in [6.07, 6.45) is 2.47. The van der Waals surface area contributed by atoms with Crippen molar-refractivity contribution in [2.24, 2.45) is 0 Å². The molecule has 80 valence electrons. The van der Waals surface area contributed by atoms with Crippen molar-refractivity contribution in [2.75, 3.05) is 12.1 Å². The lowest BCUT2D eigenvalue weighted by Crippen LogP contribution is -2.45. The van der Waals surface area contributed by atoms with Gasteiger partial charge in [-0.25, -0.2) is 0 Å². The van der Waals surface area contributed by atoms with Crippen LogP contribution in [0.5, 0.6) is 0 Å². The van der Waals surface area contributed by atoms with Crippen molar-refractivity contribution < 1.29 is 0 Å². The molecule has 0 heterocycles. The van der Waals surface area contributed by atoms with Gasteiger partial charge in [-0.05, 0) is 37.2 Å². The number of hydrogen-bond acceptors (Lipinski definition) is 2. The van der Waals surface area contributed by atoms with Gasteiger partial charge in [0.25, 0.3) is 0 Å². The molecule has 4 heteroatoms. The third-order valence-electron chi connectivity index (χ3n) is 2.33. The van der Waals surface area contributed by atoms with Gasteiger partial charge in [-0.3, -0.25) is 10.4 Å². The summed E-state index contributed by atoms with van der Waals surface area (Å²) in [6, 6.07) is 10.7. The predicted molar refractivity (Wildman–Crippen MR) is 66.7 cm³/mol. The maximum atomic E-state index is 5.18. The van der Waals surface area contributed by atoms with E-state index in [4.69, 9.17) is 12.2 Å². The summed E-state index contributed by atoms with van der Waals surface area (Å²) in [5.74, 6) is 0. The molecule has 1 aromatic rings. The molecule has 0 aliphatic heterocycles. The maximum absolute atomic E-state index is 5.18. The van der Waals surface area contributed by atoms with Crippen LogP contribution in [-0.2, 0) is 0 Å². The minimum absolute atomic E-state index is 0.592. The fraction of sp³-hybridized carbons (Fsp3) is 0.364. The van der Waals surface area contributed by atoms with Crippen LogP contribution in [0.1, 0.15) is 12.8 Å². The summed E-state index contributed by atoms with van der Waals surface area (Å²) in [4.78, 5) is 0. The Morgan fingerprint density at radius 3 is 2.60 bits per heavy atom. The maximum Gasteiger partial charge on any atom is 0.185 e. The van der Waals surface area contributed by atoms with Gasteiger partial charge in [-0.2, -0.15) is 0 Å². The van der Waals surface area contributed by atoms with Crippen molar-refractivity contribution in [3.8, 4) is 0 Å². The van der Waals surface area contributed by atoms with Crippen LogP contribution in [0.3, 0.4) is 0 Å². The lowest BCUT2D eigenvalue weighted by Gasteiger charge is -2.22. The van der Waals surface area contributed by atoms with E-state index in [0.717, 1.165) is 5.69 Å². The van der Waals surface area contributed by atoms with Crippen LogP contribution in [0, 0.1) is 0 Å². The molecule has 1 aromatic carbocycles. The molecule has 0 spiro atoms. The van der Waals surface area contributed by atoms with Crippen LogP contribution < -0.4 is 15.8 Å². The second kappa shape index (κ2) is 4.49. The number of rotatable bonds is 3. The van der Waals surface area contributed by atoms with Gasteiger partial charge in [0, 0.05) is 13.1 Å². The van der Waals surface area contributed by atoms with E-state index in [9.17, 15) is 0 Å². The highest BCUT2D eigenvalue weighted by Crippen LogP contribution is 2.18. The van der Waals surface area contributed by atoms with Gasteiger partial charge in [0.15, 0.2) is 5.11 Å². The average molecular weight is 221 g/mol. The van der Waals surface area contributed by atoms with Gasteiger partial charge in [0.2, 0.25) is 0 Å². The normalized spacial score (nSPS) is 14.5. The van der Waals surface area contributed by atoms with Gasteiger partial charge in [-0.1, -0.05) is 18.2 Å². The molecule has 15 heavy (non-hydrogen) atoms. The molecule has 0 saturated heterocycles. The largest absolute Gasteiger partial charge is 0.359 e. The molecular formula is C11H15N3S. The highest BCUT2D eigenvalue weighted by atomic mass is 32.1. The molecule has 0 amide bonds. The fourth-order valence-electron chi connectivity index (χ4n) is 1.31. The fourth-order valence-corrected chi connectivity index (χ4v) is 1.62. The first-order chi connectivity index (χ1) is 7.25. The van der Waals surface area contributed by atoms with E-state index in [1.165, 1.54) is 12.8 Å². The van der Waals surface area contributed by atoms with E-state index in [2.05, 4.69) is 10.7 Å². The molecule has 2 rings (SSSR count). The standard InChI is InChI=1S/C11H15N3S/c1-14(10-5-3-2-4-6-10)13-11(15)12-9-7-8-9/h2-6,9H,7-8H2,1H3,(H2,12,13,15). The Morgan fingerprint density at radius 2 is 2.00 bits per heavy atom. The van der Waals surface area contributed by atoms with Crippen molar-refractivity contribution in [1.29, 1.82) is 0 Å². The number of anilines is 1. The topological polar surface area (TPSA) is 27.3 Å². The van der Waals surface area contributed by atoms with E-state index >= 15 is 0 Å². The molecular weight excluding hydrogens is 206 g/mol. The van der Waals surface area contributed by atoms with Crippen molar-refractivity contribution in [3.63, 3.8) is 0 Å². The van der Waals surface area contributed by atoms with Crippen LogP contribution in [0.2, 0.25) is 0 Å². The summed E-state index contributed by atoms with van der Waals surface area (Å²) in [5, 5.41) is 5.85. The summed E-state index contributed by atoms with van der Waals surface area (Å²) >= 11 is 5.18. The van der Waals surface area contributed by atoms with Crippen molar-refractivity contribution in [3.05, 3.63) is 30.3 Å². The van der Waals surface area contributed by atoms with E-state index in [-0.39, 0.29) is 0 Å². The van der Waals surface area contributed by atoms with Crippen LogP contribution in [0.25, 0.3) is 0 Å².